The summed E-state index contributed by atoms with van der Waals surface area (Å²) in [6.45, 7) is 3.83. The summed E-state index contributed by atoms with van der Waals surface area (Å²) in [5.74, 6) is 0. The Hall–Kier alpha value is -0.240. The van der Waals surface area contributed by atoms with Crippen LogP contribution in [-0.4, -0.2) is 37.3 Å². The van der Waals surface area contributed by atoms with Crippen molar-refractivity contribution in [3.8, 4) is 0 Å². The maximum atomic E-state index is 11.5. The summed E-state index contributed by atoms with van der Waals surface area (Å²) in [5, 5.41) is 0. The van der Waals surface area contributed by atoms with Crippen LogP contribution in [0.25, 0.3) is 0 Å². The predicted molar refractivity (Wildman–Crippen MR) is 61.2 cm³/mol. The third kappa shape index (κ3) is 5.48. The van der Waals surface area contributed by atoms with Gasteiger partial charge in [-0.25, -0.2) is 0 Å². The molecule has 0 saturated carbocycles. The van der Waals surface area contributed by atoms with E-state index in [-0.39, 0.29) is 6.04 Å². The quantitative estimate of drug-likeness (QED) is 0.631. The minimum atomic E-state index is -3.39. The van der Waals surface area contributed by atoms with Gasteiger partial charge in [0.05, 0.1) is 4.99 Å². The van der Waals surface area contributed by atoms with E-state index in [4.69, 9.17) is 5.73 Å². The van der Waals surface area contributed by atoms with E-state index in [9.17, 15) is 8.42 Å². The molecule has 0 aromatic heterocycles. The SMILES string of the molecule is CC(C)NS(=O)(=O)N(C)CCC(N)=S. The lowest BCUT2D eigenvalue weighted by molar-refractivity contribution is 0.460. The molecule has 0 spiro atoms. The summed E-state index contributed by atoms with van der Waals surface area (Å²) in [6.07, 6.45) is 0.394. The Bertz CT molecular complexity index is 287. The normalized spacial score (nSPS) is 12.4. The van der Waals surface area contributed by atoms with E-state index >= 15 is 0 Å². The molecule has 0 bridgehead atoms. The molecule has 3 N–H and O–H groups in total. The van der Waals surface area contributed by atoms with Gasteiger partial charge in [-0.2, -0.15) is 17.4 Å². The maximum absolute atomic E-state index is 11.5. The summed E-state index contributed by atoms with van der Waals surface area (Å²) >= 11 is 4.66. The molecule has 14 heavy (non-hydrogen) atoms. The number of thiocarbonyl (C=S) groups is 1. The van der Waals surface area contributed by atoms with Gasteiger partial charge in [0, 0.05) is 26.1 Å². The van der Waals surface area contributed by atoms with Gasteiger partial charge in [0.1, 0.15) is 0 Å². The highest BCUT2D eigenvalue weighted by Gasteiger charge is 2.17. The molecule has 7 heteroatoms. The van der Waals surface area contributed by atoms with Gasteiger partial charge in [-0.3, -0.25) is 0 Å². The summed E-state index contributed by atoms with van der Waals surface area (Å²) in [4.78, 5) is 0.316. The monoisotopic (exact) mass is 239 g/mol. The van der Waals surface area contributed by atoms with Gasteiger partial charge in [-0.1, -0.05) is 12.2 Å². The van der Waals surface area contributed by atoms with Crippen molar-refractivity contribution in [3.63, 3.8) is 0 Å². The fourth-order valence-corrected chi connectivity index (χ4v) is 1.97. The molecular formula is C7H17N3O2S2. The molecule has 0 aromatic rings. The fraction of sp³-hybridized carbons (Fsp3) is 0.857. The average Bonchev–Trinajstić information content (AvgIpc) is 1.97. The third-order valence-electron chi connectivity index (χ3n) is 1.47. The molecule has 0 aliphatic heterocycles. The Kier molecular flexibility index (Phi) is 5.50. The van der Waals surface area contributed by atoms with Crippen molar-refractivity contribution in [1.29, 1.82) is 0 Å². The highest BCUT2D eigenvalue weighted by Crippen LogP contribution is 1.97. The first-order chi connectivity index (χ1) is 6.25. The third-order valence-corrected chi connectivity index (χ3v) is 3.44. The van der Waals surface area contributed by atoms with Crippen LogP contribution in [0.4, 0.5) is 0 Å². The van der Waals surface area contributed by atoms with E-state index < -0.39 is 10.2 Å². The molecule has 0 aromatic carbocycles. The number of hydrogen-bond acceptors (Lipinski definition) is 3. The van der Waals surface area contributed by atoms with Crippen LogP contribution in [0.3, 0.4) is 0 Å². The number of hydrogen-bond donors (Lipinski definition) is 2. The fourth-order valence-electron chi connectivity index (χ4n) is 0.776. The van der Waals surface area contributed by atoms with Crippen molar-refractivity contribution in [2.75, 3.05) is 13.6 Å². The zero-order valence-electron chi connectivity index (χ0n) is 8.65. The number of nitrogens with one attached hydrogen (secondary N) is 1. The van der Waals surface area contributed by atoms with Gasteiger partial charge in [-0.05, 0) is 13.8 Å². The first-order valence-electron chi connectivity index (χ1n) is 4.27. The van der Waals surface area contributed by atoms with Crippen LogP contribution in [0.5, 0.6) is 0 Å². The van der Waals surface area contributed by atoms with Gasteiger partial charge in [0.2, 0.25) is 0 Å². The van der Waals surface area contributed by atoms with Crippen LogP contribution in [0.15, 0.2) is 0 Å². The van der Waals surface area contributed by atoms with Gasteiger partial charge < -0.3 is 5.73 Å². The van der Waals surface area contributed by atoms with E-state index in [1.807, 2.05) is 0 Å². The Morgan fingerprint density at radius 2 is 2.07 bits per heavy atom. The lowest BCUT2D eigenvalue weighted by Gasteiger charge is -2.18. The molecule has 0 heterocycles. The molecule has 0 fully saturated rings. The second-order valence-electron chi connectivity index (χ2n) is 3.32. The highest BCUT2D eigenvalue weighted by molar-refractivity contribution is 7.87. The van der Waals surface area contributed by atoms with Crippen LogP contribution >= 0.6 is 12.2 Å². The van der Waals surface area contributed by atoms with Crippen LogP contribution in [0, 0.1) is 0 Å². The molecule has 0 radical (unpaired) electrons. The van der Waals surface area contributed by atoms with Crippen LogP contribution in [-0.2, 0) is 10.2 Å². The molecule has 0 unspecified atom stereocenters. The topological polar surface area (TPSA) is 75.4 Å². The van der Waals surface area contributed by atoms with Crippen molar-refractivity contribution in [1.82, 2.24) is 9.03 Å². The Balaban J connectivity index is 4.22. The lowest BCUT2D eigenvalue weighted by Crippen LogP contribution is -2.42. The highest BCUT2D eigenvalue weighted by atomic mass is 32.2. The smallest absolute Gasteiger partial charge is 0.279 e. The standard InChI is InChI=1S/C7H17N3O2S2/c1-6(2)9-14(11,12)10(3)5-4-7(8)13/h6,9H,4-5H2,1-3H3,(H2,8,13). The summed E-state index contributed by atoms with van der Waals surface area (Å²) < 4.78 is 26.6. The molecule has 0 rings (SSSR count). The van der Waals surface area contributed by atoms with Gasteiger partial charge >= 0.3 is 0 Å². The van der Waals surface area contributed by atoms with E-state index in [2.05, 4.69) is 16.9 Å². The zero-order valence-corrected chi connectivity index (χ0v) is 10.3. The Morgan fingerprint density at radius 1 is 1.57 bits per heavy atom. The molecule has 0 atom stereocenters. The van der Waals surface area contributed by atoms with Gasteiger partial charge in [0.25, 0.3) is 10.2 Å². The van der Waals surface area contributed by atoms with E-state index in [1.165, 1.54) is 11.4 Å². The van der Waals surface area contributed by atoms with E-state index in [0.717, 1.165) is 0 Å². The van der Waals surface area contributed by atoms with Crippen molar-refractivity contribution in [3.05, 3.63) is 0 Å². The predicted octanol–water partition coefficient (Wildman–Crippen LogP) is -0.163. The zero-order chi connectivity index (χ0) is 11.4. The minimum absolute atomic E-state index is 0.118. The largest absolute Gasteiger partial charge is 0.393 e. The summed E-state index contributed by atoms with van der Waals surface area (Å²) in [7, 11) is -1.90. The summed E-state index contributed by atoms with van der Waals surface area (Å²) in [6, 6.07) is -0.118. The number of nitrogens with two attached hydrogens (primary N) is 1. The number of nitrogens with zero attached hydrogens (tertiary/aromatic N) is 1. The van der Waals surface area contributed by atoms with Crippen molar-refractivity contribution in [2.24, 2.45) is 5.73 Å². The molecule has 0 saturated heterocycles. The van der Waals surface area contributed by atoms with Crippen LogP contribution < -0.4 is 10.5 Å². The molecular weight excluding hydrogens is 222 g/mol. The molecule has 0 aliphatic rings. The van der Waals surface area contributed by atoms with Gasteiger partial charge in [0.15, 0.2) is 0 Å². The van der Waals surface area contributed by atoms with E-state index in [0.29, 0.717) is 18.0 Å². The van der Waals surface area contributed by atoms with Crippen molar-refractivity contribution < 1.29 is 8.42 Å². The maximum Gasteiger partial charge on any atom is 0.279 e. The lowest BCUT2D eigenvalue weighted by atomic mass is 10.4. The van der Waals surface area contributed by atoms with E-state index in [1.54, 1.807) is 13.8 Å². The Labute approximate surface area is 90.8 Å². The van der Waals surface area contributed by atoms with Crippen molar-refractivity contribution in [2.45, 2.75) is 26.3 Å². The minimum Gasteiger partial charge on any atom is -0.393 e. The molecule has 84 valence electrons. The van der Waals surface area contributed by atoms with Crippen LogP contribution in [0.1, 0.15) is 20.3 Å². The Morgan fingerprint density at radius 3 is 2.43 bits per heavy atom. The number of rotatable bonds is 6. The first kappa shape index (κ1) is 13.8. The second-order valence-corrected chi connectivity index (χ2v) is 5.65. The average molecular weight is 239 g/mol. The first-order valence-corrected chi connectivity index (χ1v) is 6.12. The summed E-state index contributed by atoms with van der Waals surface area (Å²) in [5.41, 5.74) is 5.27. The molecule has 5 nitrogen and oxygen atoms in total. The molecule has 0 amide bonds. The van der Waals surface area contributed by atoms with Crippen molar-refractivity contribution >= 4 is 27.4 Å². The van der Waals surface area contributed by atoms with Crippen LogP contribution in [0.2, 0.25) is 0 Å². The van der Waals surface area contributed by atoms with Gasteiger partial charge in [-0.15, -0.1) is 0 Å². The molecule has 0 aliphatic carbocycles. The second kappa shape index (κ2) is 5.59.